The number of fused-ring (bicyclic) bond motifs is 12. The van der Waals surface area contributed by atoms with Crippen LogP contribution in [0.2, 0.25) is 0 Å². The number of esters is 1. The fourth-order valence-electron chi connectivity index (χ4n) is 19.3. The third-order valence-electron chi connectivity index (χ3n) is 22.9. The number of hydrogen-bond donors (Lipinski definition) is 2. The van der Waals surface area contributed by atoms with Gasteiger partial charge in [0.05, 0.1) is 35.6 Å². The zero-order chi connectivity index (χ0) is 47.8. The van der Waals surface area contributed by atoms with Crippen LogP contribution >= 0.6 is 0 Å². The summed E-state index contributed by atoms with van der Waals surface area (Å²) in [5, 5.41) is 14.1. The predicted octanol–water partition coefficient (Wildman–Crippen LogP) is 12.9. The molecule has 8 heteroatoms. The highest BCUT2D eigenvalue weighted by Gasteiger charge is 2.61. The van der Waals surface area contributed by atoms with Crippen LogP contribution in [0.1, 0.15) is 200 Å². The number of carbonyl (C=O) groups excluding carboxylic acids is 2. The molecule has 8 aliphatic carbocycles. The molecule has 12 aliphatic rings. The van der Waals surface area contributed by atoms with Gasteiger partial charge in [0.2, 0.25) is 5.91 Å². The lowest BCUT2D eigenvalue weighted by molar-refractivity contribution is -0.148. The maximum absolute atomic E-state index is 12.6. The molecule has 2 spiro atoms. The van der Waals surface area contributed by atoms with Crippen molar-refractivity contribution in [1.29, 1.82) is 0 Å². The van der Waals surface area contributed by atoms with Crippen molar-refractivity contribution in [2.24, 2.45) is 70.0 Å². The second-order valence-corrected chi connectivity index (χ2v) is 26.6. The highest BCUT2D eigenvalue weighted by molar-refractivity contribution is 5.74. The molecule has 0 bridgehead atoms. The first-order valence-electron chi connectivity index (χ1n) is 28.3. The maximum atomic E-state index is 12.6. The molecule has 0 aromatic heterocycles. The minimum Gasteiger partial charge on any atom is -0.462 e. The molecule has 4 heterocycles. The van der Waals surface area contributed by atoms with E-state index < -0.39 is 0 Å². The maximum Gasteiger partial charge on any atom is 0.302 e. The Morgan fingerprint density at radius 1 is 0.714 bits per heavy atom. The topological polar surface area (TPSA) is 97.3 Å². The fraction of sp³-hybridized carbons (Fsp3) is 0.839. The van der Waals surface area contributed by atoms with Gasteiger partial charge in [-0.3, -0.25) is 9.59 Å². The summed E-state index contributed by atoms with van der Waals surface area (Å²) in [5.74, 6) is 6.69. The third kappa shape index (κ3) is 8.43. The first-order valence-corrected chi connectivity index (χ1v) is 28.3. The Kier molecular flexibility index (Phi) is 14.4. The monoisotopic (exact) mass is 967 g/mol. The molecule has 0 aromatic carbocycles. The second-order valence-electron chi connectivity index (χ2n) is 26.6. The zero-order valence-electron chi connectivity index (χ0n) is 44.0. The number of hydrogen-bond acceptors (Lipinski definition) is 7. The van der Waals surface area contributed by atoms with Crippen molar-refractivity contribution in [2.75, 3.05) is 13.1 Å². The van der Waals surface area contributed by atoms with Crippen LogP contribution < -0.4 is 5.32 Å². The first kappa shape index (κ1) is 52.6. The zero-order valence-corrected chi connectivity index (χ0v) is 44.0. The number of aliphatic hydroxyl groups excluding tert-OH is 1. The van der Waals surface area contributed by atoms with Crippen molar-refractivity contribution < 1.29 is 28.9 Å². The van der Waals surface area contributed by atoms with E-state index >= 15 is 0 Å². The van der Waals surface area contributed by atoms with Gasteiger partial charge in [0.25, 0.3) is 0 Å². The van der Waals surface area contributed by atoms with Crippen molar-refractivity contribution >= 4 is 11.9 Å². The van der Waals surface area contributed by atoms with Crippen LogP contribution in [0.25, 0.3) is 0 Å². The molecule has 0 aromatic rings. The number of piperidine rings is 2. The third-order valence-corrected chi connectivity index (χ3v) is 22.9. The largest absolute Gasteiger partial charge is 0.462 e. The number of carbonyl (C=O) groups is 2. The summed E-state index contributed by atoms with van der Waals surface area (Å²) in [6.45, 7) is 24.7. The highest BCUT2D eigenvalue weighted by Crippen LogP contribution is 2.66. The number of amides is 1. The van der Waals surface area contributed by atoms with Crippen LogP contribution in [0, 0.1) is 70.0 Å². The Hall–Kier alpha value is -2.26. The van der Waals surface area contributed by atoms with Crippen molar-refractivity contribution in [3.63, 3.8) is 0 Å². The summed E-state index contributed by atoms with van der Waals surface area (Å²) in [4.78, 5) is 26.3. The quantitative estimate of drug-likeness (QED) is 0.200. The van der Waals surface area contributed by atoms with Crippen LogP contribution in [-0.4, -0.2) is 82.7 Å². The molecule has 0 radical (unpaired) electrons. The van der Waals surface area contributed by atoms with E-state index in [4.69, 9.17) is 14.2 Å². The SMILES string of the molecule is C.C.CC(=O)O[C@H]1CC[C@@]2(C)C(=CC[C@H]3[C@@H]4CC[C@@]5(CC(C)=C4C[C@@H]32)O[C@@H]2C[C@H](C)CN(C(C)=O)[C@H]2[C@H]5C)C1.CC1=C2C[C@H]3[C@@H](CC=C4C[C@@H](O)CC[C@@]43C)[C@@H]2CC[C@@]2(C1)O[C@@H]1C[C@H](C)CN[C@H]1[C@H]2C. The fourth-order valence-corrected chi connectivity index (χ4v) is 19.3. The standard InChI is InChI=1S/C32H47NO4.C28H43NO2.2CH4/c1-18-13-29-30(33(17-18)21(4)34)20(3)32(37-29)12-10-25-26-8-7-23-14-24(36-22(5)35)9-11-31(23,6)28(26)15-27(25)19(2)16-32;1-16-11-25-26(29-15-16)18(3)28(31-25)10-8-21-22-6-5-19-12-20(30)7-9-27(19,4)24(22)13-23(21)17(2)14-28;;/h7,18,20,24-26,28-30H,8-17H2,1-6H3;5,16,18,20-22,24-26,29-30H,6-15H2,1-4H3;2*1H4/t18-,20+,24-,25-,26-,28-,29+,30-,31-,32-;16-,18+,20-,21-,22-,24-,25+,26-,27-,28-;;/m00../s1. The molecular weight excluding hydrogens is 869 g/mol. The molecule has 4 aliphatic heterocycles. The van der Waals surface area contributed by atoms with Crippen LogP contribution in [0.5, 0.6) is 0 Å². The second kappa shape index (κ2) is 19.1. The summed E-state index contributed by atoms with van der Waals surface area (Å²) in [6, 6.07) is 0.774. The molecule has 1 amide bonds. The van der Waals surface area contributed by atoms with Gasteiger partial charge in [-0.1, -0.05) is 102 Å². The van der Waals surface area contributed by atoms with Gasteiger partial charge < -0.3 is 29.5 Å². The number of likely N-dealkylation sites (tertiary alicyclic amines) is 1. The van der Waals surface area contributed by atoms with Crippen LogP contribution in [-0.2, 0) is 23.8 Å². The Morgan fingerprint density at radius 2 is 1.26 bits per heavy atom. The summed E-state index contributed by atoms with van der Waals surface area (Å²) < 4.78 is 19.7. The Morgan fingerprint density at radius 3 is 1.84 bits per heavy atom. The van der Waals surface area contributed by atoms with Crippen LogP contribution in [0.4, 0.5) is 0 Å². The van der Waals surface area contributed by atoms with Crippen molar-refractivity contribution in [2.45, 2.75) is 247 Å². The number of ether oxygens (including phenoxy) is 3. The van der Waals surface area contributed by atoms with Crippen LogP contribution in [0.15, 0.2) is 45.6 Å². The molecule has 4 saturated heterocycles. The summed E-state index contributed by atoms with van der Waals surface area (Å²) >= 11 is 0. The molecule has 12 rings (SSSR count). The van der Waals surface area contributed by atoms with Crippen molar-refractivity contribution in [3.05, 3.63) is 45.6 Å². The Bertz CT molecular complexity index is 2160. The lowest BCUT2D eigenvalue weighted by Gasteiger charge is -2.49. The lowest BCUT2D eigenvalue weighted by Crippen LogP contribution is -2.53. The average Bonchev–Trinajstić information content (AvgIpc) is 3.96. The molecular formula is C62H98N2O6. The molecule has 2 N–H and O–H groups in total. The van der Waals surface area contributed by atoms with Crippen molar-refractivity contribution in [1.82, 2.24) is 10.2 Å². The number of nitrogens with zero attached hydrogens (tertiary/aromatic N) is 1. The van der Waals surface area contributed by atoms with E-state index in [0.717, 1.165) is 101 Å². The van der Waals surface area contributed by atoms with Crippen LogP contribution in [0.3, 0.4) is 0 Å². The molecule has 0 unspecified atom stereocenters. The van der Waals surface area contributed by atoms with Gasteiger partial charge in [0.1, 0.15) is 6.10 Å². The smallest absolute Gasteiger partial charge is 0.302 e. The summed E-state index contributed by atoms with van der Waals surface area (Å²) in [5.41, 5.74) is 10.4. The lowest BCUT2D eigenvalue weighted by atomic mass is 9.56. The Balaban J connectivity index is 0.000000171. The van der Waals surface area contributed by atoms with Gasteiger partial charge >= 0.3 is 5.97 Å². The number of rotatable bonds is 1. The minimum absolute atomic E-state index is 0. The van der Waals surface area contributed by atoms with E-state index in [0.29, 0.717) is 53.1 Å². The molecule has 392 valence electrons. The Labute approximate surface area is 425 Å². The number of allylic oxidation sites excluding steroid dienone is 4. The van der Waals surface area contributed by atoms with Gasteiger partial charge in [-0.25, -0.2) is 0 Å². The van der Waals surface area contributed by atoms with E-state index in [1.165, 1.54) is 58.3 Å². The van der Waals surface area contributed by atoms with E-state index in [9.17, 15) is 14.7 Å². The van der Waals surface area contributed by atoms with Gasteiger partial charge in [0, 0.05) is 44.7 Å². The minimum atomic E-state index is -0.148. The highest BCUT2D eigenvalue weighted by atomic mass is 16.5. The van der Waals surface area contributed by atoms with Gasteiger partial charge in [-0.2, -0.15) is 0 Å². The molecule has 8 fully saturated rings. The van der Waals surface area contributed by atoms with Gasteiger partial charge in [-0.15, -0.1) is 0 Å². The van der Waals surface area contributed by atoms with E-state index in [-0.39, 0.29) is 67.7 Å². The van der Waals surface area contributed by atoms with E-state index in [1.54, 1.807) is 40.4 Å². The predicted molar refractivity (Wildman–Crippen MR) is 282 cm³/mol. The molecule has 4 saturated carbocycles. The first-order chi connectivity index (χ1) is 32.3. The van der Waals surface area contributed by atoms with Gasteiger partial charge in [-0.05, 0) is 188 Å². The summed E-state index contributed by atoms with van der Waals surface area (Å²) in [7, 11) is 0. The van der Waals surface area contributed by atoms with E-state index in [2.05, 4.69) is 77.8 Å². The normalized spacial score (nSPS) is 48.8. The molecule has 70 heavy (non-hydrogen) atoms. The summed E-state index contributed by atoms with van der Waals surface area (Å²) in [6.07, 6.45) is 26.0. The van der Waals surface area contributed by atoms with Crippen molar-refractivity contribution in [3.8, 4) is 0 Å². The number of nitrogens with one attached hydrogen (secondary N) is 1. The van der Waals surface area contributed by atoms with Gasteiger partial charge in [0.15, 0.2) is 0 Å². The average molecular weight is 967 g/mol. The number of aliphatic hydroxyl groups is 1. The van der Waals surface area contributed by atoms with E-state index in [1.807, 2.05) is 0 Å². The molecule has 8 nitrogen and oxygen atoms in total. The molecule has 20 atom stereocenters.